The van der Waals surface area contributed by atoms with Crippen molar-refractivity contribution < 1.29 is 28.5 Å². The van der Waals surface area contributed by atoms with E-state index in [1.165, 1.54) is 16.2 Å². The molecule has 2 fully saturated rings. The lowest BCUT2D eigenvalue weighted by atomic mass is 9.72. The van der Waals surface area contributed by atoms with E-state index in [1.807, 2.05) is 63.5 Å². The molecule has 5 atom stereocenters. The summed E-state index contributed by atoms with van der Waals surface area (Å²) >= 11 is 3.06. The maximum Gasteiger partial charge on any atom is 0.254 e. The number of β-amino-alcohol motifs (C(OH)–C–C–N with tert-alkyl or cyclic N) is 1. The molecular formula is C50H60N12O6S2. The van der Waals surface area contributed by atoms with Crippen LogP contribution in [-0.4, -0.2) is 114 Å². The van der Waals surface area contributed by atoms with Gasteiger partial charge in [0.15, 0.2) is 5.76 Å². The molecule has 70 heavy (non-hydrogen) atoms. The number of nitrogen functional groups attached to an aromatic ring is 1. The van der Waals surface area contributed by atoms with Gasteiger partial charge >= 0.3 is 0 Å². The second-order valence-corrected chi connectivity index (χ2v) is 21.2. The number of ether oxygens (including phenoxy) is 1. The molecule has 18 nitrogen and oxygen atoms in total. The molecule has 9 rings (SSSR count). The number of likely N-dealkylation sites (tertiary alicyclic amines) is 1. The SMILES string of the molecule is Cc1ncsc1-c1ccc(CNC(=O)[C@@H]2C[C@@H](O)CN2C(=O)C(c2cc(OCCCCN3CCCN(c4ccnc(-c5noc([C@@]6(C)CCCc7sc(N)c(C#N)c76)n5)n4)[C@@H](C)C3)no2)C(C)C)cc1. The van der Waals surface area contributed by atoms with Gasteiger partial charge in [-0.25, -0.2) is 15.0 Å². The summed E-state index contributed by atoms with van der Waals surface area (Å²) in [5.41, 5.74) is 11.8. The third kappa shape index (κ3) is 10.2. The zero-order chi connectivity index (χ0) is 49.1. The molecule has 1 unspecified atom stereocenters. The number of anilines is 2. The molecular weight excluding hydrogens is 929 g/mol. The Balaban J connectivity index is 0.744. The van der Waals surface area contributed by atoms with Gasteiger partial charge in [-0.15, -0.1) is 22.7 Å². The summed E-state index contributed by atoms with van der Waals surface area (Å²) in [5.74, 6) is 1.09. The van der Waals surface area contributed by atoms with E-state index in [0.717, 1.165) is 103 Å². The molecule has 5 aromatic heterocycles. The fourth-order valence-electron chi connectivity index (χ4n) is 10.2. The van der Waals surface area contributed by atoms with Crippen LogP contribution in [0.2, 0.25) is 0 Å². The monoisotopic (exact) mass is 988 g/mol. The van der Waals surface area contributed by atoms with E-state index >= 15 is 0 Å². The molecule has 368 valence electrons. The summed E-state index contributed by atoms with van der Waals surface area (Å²) in [6.07, 6.45) is 6.29. The van der Waals surface area contributed by atoms with Crippen LogP contribution in [-0.2, 0) is 28.0 Å². The molecule has 0 spiro atoms. The van der Waals surface area contributed by atoms with Crippen molar-refractivity contribution in [3.63, 3.8) is 0 Å². The van der Waals surface area contributed by atoms with Crippen molar-refractivity contribution in [1.82, 2.24) is 45.4 Å². The number of carbonyl (C=O) groups excluding carboxylic acids is 2. The molecule has 1 aromatic carbocycles. The lowest BCUT2D eigenvalue weighted by Crippen LogP contribution is -2.48. The Morgan fingerprint density at radius 1 is 1.07 bits per heavy atom. The predicted molar refractivity (Wildman–Crippen MR) is 265 cm³/mol. The standard InChI is InChI=1S/C50H60N12O6S2/c1-29(2)41(48(65)62-27-34(63)22-36(62)47(64)54-25-32-11-13-33(14-12-32)43-31(4)55-28-69-43)37-23-40(58-67-37)66-21-7-6-18-60-19-9-20-61(30(3)26-60)39-15-17-53-45(56-39)46-57-49(68-59-46)50(5)16-8-10-38-42(50)35(24-51)44(52)70-38/h11-15,17,23,28-30,34,36,41,63H,6-10,16,18-22,25-27,52H2,1-5H3,(H,54,64)/t30-,34+,36-,41?,50-/m0/s1. The first-order chi connectivity index (χ1) is 33.8. The number of aromatic nitrogens is 6. The van der Waals surface area contributed by atoms with Gasteiger partial charge in [0.05, 0.1) is 39.8 Å². The molecule has 7 heterocycles. The third-order valence-electron chi connectivity index (χ3n) is 13.9. The molecule has 4 N–H and O–H groups in total. The van der Waals surface area contributed by atoms with E-state index in [-0.39, 0.29) is 36.7 Å². The number of nitrogens with one attached hydrogen (secondary N) is 1. The van der Waals surface area contributed by atoms with Crippen LogP contribution < -0.4 is 20.7 Å². The summed E-state index contributed by atoms with van der Waals surface area (Å²) in [5, 5.41) is 32.5. The number of amides is 2. The highest BCUT2D eigenvalue weighted by atomic mass is 32.1. The Bertz CT molecular complexity index is 2830. The molecule has 0 saturated carbocycles. The zero-order valence-corrected chi connectivity index (χ0v) is 41.9. The van der Waals surface area contributed by atoms with Crippen LogP contribution in [0.15, 0.2) is 57.2 Å². The molecule has 2 aliphatic heterocycles. The number of aryl methyl sites for hydroxylation is 2. The van der Waals surface area contributed by atoms with Gasteiger partial charge in [-0.1, -0.05) is 43.3 Å². The van der Waals surface area contributed by atoms with Gasteiger partial charge in [0.2, 0.25) is 29.4 Å². The van der Waals surface area contributed by atoms with Gasteiger partial charge in [-0.3, -0.25) is 9.59 Å². The third-order valence-corrected chi connectivity index (χ3v) is 15.9. The number of thiophene rings is 1. The first-order valence-electron chi connectivity index (χ1n) is 24.1. The maximum absolute atomic E-state index is 14.2. The molecule has 0 radical (unpaired) electrons. The van der Waals surface area contributed by atoms with E-state index in [2.05, 4.69) is 48.4 Å². The number of fused-ring (bicyclic) bond motifs is 1. The van der Waals surface area contributed by atoms with Gasteiger partial charge in [0.25, 0.3) is 5.88 Å². The second kappa shape index (κ2) is 21.0. The Labute approximate surface area is 415 Å². The van der Waals surface area contributed by atoms with Crippen LogP contribution >= 0.6 is 22.7 Å². The number of hydrogen-bond donors (Lipinski definition) is 3. The number of nitrogens with two attached hydrogens (primary N) is 1. The second-order valence-electron chi connectivity index (χ2n) is 19.2. The minimum absolute atomic E-state index is 0.0545. The number of carbonyl (C=O) groups is 2. The summed E-state index contributed by atoms with van der Waals surface area (Å²) < 4.78 is 17.6. The highest BCUT2D eigenvalue weighted by Crippen LogP contribution is 2.48. The van der Waals surface area contributed by atoms with Gasteiger partial charge in [0.1, 0.15) is 28.8 Å². The van der Waals surface area contributed by atoms with Crippen molar-refractivity contribution in [2.24, 2.45) is 5.92 Å². The minimum atomic E-state index is -0.820. The average molecular weight is 989 g/mol. The van der Waals surface area contributed by atoms with Gasteiger partial charge in [-0.05, 0) is 101 Å². The van der Waals surface area contributed by atoms with Gasteiger partial charge < -0.3 is 44.6 Å². The normalized spacial score (nSPS) is 21.1. The van der Waals surface area contributed by atoms with Crippen LogP contribution in [0.3, 0.4) is 0 Å². The number of hydrogen-bond acceptors (Lipinski definition) is 18. The van der Waals surface area contributed by atoms with Crippen LogP contribution in [0.25, 0.3) is 22.1 Å². The van der Waals surface area contributed by atoms with Crippen molar-refractivity contribution in [2.45, 2.75) is 116 Å². The molecule has 0 bridgehead atoms. The largest absolute Gasteiger partial charge is 0.476 e. The smallest absolute Gasteiger partial charge is 0.254 e. The van der Waals surface area contributed by atoms with Crippen molar-refractivity contribution in [2.75, 3.05) is 50.0 Å². The number of aliphatic hydroxyl groups is 1. The zero-order valence-electron chi connectivity index (χ0n) is 40.3. The quantitative estimate of drug-likeness (QED) is 0.0838. The van der Waals surface area contributed by atoms with Crippen molar-refractivity contribution in [3.8, 4) is 34.0 Å². The highest BCUT2D eigenvalue weighted by molar-refractivity contribution is 7.16. The lowest BCUT2D eigenvalue weighted by molar-refractivity contribution is -0.141. The van der Waals surface area contributed by atoms with Crippen molar-refractivity contribution in [1.29, 1.82) is 5.26 Å². The maximum atomic E-state index is 14.2. The number of aliphatic hydroxyl groups excluding tert-OH is 1. The average Bonchev–Trinajstić information content (AvgIpc) is 4.21. The minimum Gasteiger partial charge on any atom is -0.476 e. The number of nitrogens with zero attached hydrogens (tertiary/aromatic N) is 10. The van der Waals surface area contributed by atoms with Gasteiger partial charge in [-0.2, -0.15) is 10.2 Å². The van der Waals surface area contributed by atoms with Crippen LogP contribution in [0.5, 0.6) is 5.88 Å². The van der Waals surface area contributed by atoms with E-state index < -0.39 is 23.5 Å². The molecule has 1 aliphatic carbocycles. The molecule has 20 heteroatoms. The van der Waals surface area contributed by atoms with Crippen molar-refractivity contribution >= 4 is 45.3 Å². The number of benzene rings is 1. The van der Waals surface area contributed by atoms with Gasteiger partial charge in [0, 0.05) is 61.3 Å². The highest BCUT2D eigenvalue weighted by Gasteiger charge is 2.45. The summed E-state index contributed by atoms with van der Waals surface area (Å²) in [7, 11) is 0. The molecule has 3 aliphatic rings. The van der Waals surface area contributed by atoms with E-state index in [1.54, 1.807) is 23.6 Å². The lowest BCUT2D eigenvalue weighted by Gasteiger charge is -2.30. The number of rotatable bonds is 16. The van der Waals surface area contributed by atoms with Crippen LogP contribution in [0.1, 0.15) is 111 Å². The Hall–Kier alpha value is -6.27. The Kier molecular flexibility index (Phi) is 14.6. The topological polar surface area (TPSA) is 239 Å². The number of unbranched alkanes of at least 4 members (excludes halogenated alkanes) is 1. The first kappa shape index (κ1) is 48.7. The summed E-state index contributed by atoms with van der Waals surface area (Å²) in [6.45, 7) is 14.4. The molecule has 2 amide bonds. The van der Waals surface area contributed by atoms with E-state index in [9.17, 15) is 20.0 Å². The van der Waals surface area contributed by atoms with Crippen molar-refractivity contribution in [3.05, 3.63) is 87.0 Å². The van der Waals surface area contributed by atoms with Crippen LogP contribution in [0, 0.1) is 24.2 Å². The van der Waals surface area contributed by atoms with E-state index in [4.69, 9.17) is 29.5 Å². The Morgan fingerprint density at radius 3 is 2.67 bits per heavy atom. The number of thiazole rings is 1. The van der Waals surface area contributed by atoms with Crippen LogP contribution in [0.4, 0.5) is 10.8 Å². The Morgan fingerprint density at radius 2 is 1.90 bits per heavy atom. The fraction of sp³-hybridized carbons (Fsp3) is 0.500. The summed E-state index contributed by atoms with van der Waals surface area (Å²) in [6, 6.07) is 13.2. The predicted octanol–water partition coefficient (Wildman–Crippen LogP) is 6.88. The fourth-order valence-corrected chi connectivity index (χ4v) is 12.2. The number of nitriles is 1. The first-order valence-corrected chi connectivity index (χ1v) is 25.8. The van der Waals surface area contributed by atoms with E-state index in [0.29, 0.717) is 52.9 Å². The summed E-state index contributed by atoms with van der Waals surface area (Å²) in [4.78, 5) is 54.7. The molecule has 2 saturated heterocycles. The molecule has 6 aromatic rings.